The van der Waals surface area contributed by atoms with Crippen molar-refractivity contribution in [3.8, 4) is 39.4 Å². The van der Waals surface area contributed by atoms with Crippen molar-refractivity contribution in [1.29, 1.82) is 0 Å². The molecule has 37 heavy (non-hydrogen) atoms. The highest BCUT2D eigenvalue weighted by molar-refractivity contribution is 6.21. The smallest absolute Gasteiger partial charge is 0.153 e. The lowest BCUT2D eigenvalue weighted by atomic mass is 9.86. The number of aryl methyl sites for hydroxylation is 1. The average Bonchev–Trinajstić information content (AvgIpc) is 3.29. The first-order valence-corrected chi connectivity index (χ1v) is 12.6. The summed E-state index contributed by atoms with van der Waals surface area (Å²) in [5.74, 6) is 2.65. The molecule has 0 saturated heterocycles. The molecule has 3 nitrogen and oxygen atoms in total. The Kier molecular flexibility index (Phi) is 4.15. The first-order valence-electron chi connectivity index (χ1n) is 12.6. The van der Waals surface area contributed by atoms with E-state index in [2.05, 4.69) is 109 Å². The number of benzene rings is 6. The van der Waals surface area contributed by atoms with Crippen molar-refractivity contribution in [3.05, 3.63) is 121 Å². The molecule has 6 aromatic carbocycles. The summed E-state index contributed by atoms with van der Waals surface area (Å²) >= 11 is 0. The molecule has 7 aromatic rings. The van der Waals surface area contributed by atoms with Crippen LogP contribution in [-0.2, 0) is 0 Å². The van der Waals surface area contributed by atoms with Crippen molar-refractivity contribution in [1.82, 2.24) is 9.55 Å². The van der Waals surface area contributed by atoms with E-state index in [0.717, 1.165) is 39.6 Å². The molecule has 1 aromatic heterocycles. The molecule has 0 aliphatic carbocycles. The van der Waals surface area contributed by atoms with Gasteiger partial charge in [-0.25, -0.2) is 4.98 Å². The van der Waals surface area contributed by atoms with Crippen LogP contribution in [-0.4, -0.2) is 9.55 Å². The molecule has 0 atom stereocenters. The molecular formula is C34H22N2O. The number of aromatic nitrogens is 2. The monoisotopic (exact) mass is 474 g/mol. The van der Waals surface area contributed by atoms with Gasteiger partial charge in [-0.1, -0.05) is 91.0 Å². The Labute approximate surface area is 214 Å². The SMILES string of the molecule is Cc1nc2cccc3c2n1-c1ccc(-c2c4ccccc4c(-c4ccccc4)c4ccccc24)cc1O3. The van der Waals surface area contributed by atoms with Crippen LogP contribution in [0.3, 0.4) is 0 Å². The Bertz CT molecular complexity index is 1960. The van der Waals surface area contributed by atoms with Crippen LogP contribution in [0.2, 0.25) is 0 Å². The summed E-state index contributed by atoms with van der Waals surface area (Å²) in [7, 11) is 0. The van der Waals surface area contributed by atoms with Crippen LogP contribution < -0.4 is 4.74 Å². The first-order chi connectivity index (χ1) is 18.3. The second kappa shape index (κ2) is 7.55. The van der Waals surface area contributed by atoms with Crippen molar-refractivity contribution < 1.29 is 4.74 Å². The Morgan fingerprint density at radius 1 is 0.568 bits per heavy atom. The summed E-state index contributed by atoms with van der Waals surface area (Å²) in [6, 6.07) is 40.8. The number of nitrogens with zero attached hydrogens (tertiary/aromatic N) is 2. The zero-order valence-electron chi connectivity index (χ0n) is 20.3. The molecule has 1 aliphatic rings. The van der Waals surface area contributed by atoms with Gasteiger partial charge in [-0.2, -0.15) is 0 Å². The van der Waals surface area contributed by atoms with Gasteiger partial charge in [0.05, 0.1) is 11.2 Å². The third-order valence-electron chi connectivity index (χ3n) is 7.51. The summed E-state index contributed by atoms with van der Waals surface area (Å²) in [5.41, 5.74) is 7.88. The third-order valence-corrected chi connectivity index (χ3v) is 7.51. The second-order valence-electron chi connectivity index (χ2n) is 9.61. The fraction of sp³-hybridized carbons (Fsp3) is 0.0294. The van der Waals surface area contributed by atoms with Crippen LogP contribution in [0.4, 0.5) is 0 Å². The van der Waals surface area contributed by atoms with Crippen LogP contribution in [0.15, 0.2) is 115 Å². The molecule has 0 spiro atoms. The van der Waals surface area contributed by atoms with Crippen molar-refractivity contribution in [2.45, 2.75) is 6.92 Å². The van der Waals surface area contributed by atoms with E-state index in [4.69, 9.17) is 9.72 Å². The first kappa shape index (κ1) is 20.3. The van der Waals surface area contributed by atoms with Crippen LogP contribution in [0, 0.1) is 6.92 Å². The topological polar surface area (TPSA) is 27.1 Å². The van der Waals surface area contributed by atoms with Gasteiger partial charge in [0.15, 0.2) is 11.5 Å². The molecule has 0 bridgehead atoms. The lowest BCUT2D eigenvalue weighted by molar-refractivity contribution is 0.475. The van der Waals surface area contributed by atoms with E-state index in [-0.39, 0.29) is 0 Å². The molecule has 0 amide bonds. The Morgan fingerprint density at radius 2 is 1.19 bits per heavy atom. The van der Waals surface area contributed by atoms with Gasteiger partial charge in [-0.05, 0) is 75.0 Å². The fourth-order valence-electron chi connectivity index (χ4n) is 6.00. The standard InChI is InChI=1S/C34H22N2O/c1-21-35-28-16-9-17-30-34(28)36(21)29-19-18-23(20-31(29)37-30)33-26-14-7-5-12-24(26)32(22-10-3-2-4-11-22)25-13-6-8-15-27(25)33/h2-20H,1H3. The summed E-state index contributed by atoms with van der Waals surface area (Å²) in [6.07, 6.45) is 0. The normalized spacial score (nSPS) is 12.1. The minimum Gasteiger partial charge on any atom is -0.453 e. The number of para-hydroxylation sites is 1. The summed E-state index contributed by atoms with van der Waals surface area (Å²) in [6.45, 7) is 2.05. The molecule has 0 radical (unpaired) electrons. The fourth-order valence-corrected chi connectivity index (χ4v) is 6.00. The van der Waals surface area contributed by atoms with Crippen LogP contribution >= 0.6 is 0 Å². The largest absolute Gasteiger partial charge is 0.453 e. The molecule has 1 aliphatic heterocycles. The van der Waals surface area contributed by atoms with Crippen LogP contribution in [0.5, 0.6) is 11.5 Å². The van der Waals surface area contributed by atoms with E-state index in [1.807, 2.05) is 18.2 Å². The van der Waals surface area contributed by atoms with E-state index < -0.39 is 0 Å². The lowest BCUT2D eigenvalue weighted by Gasteiger charge is -2.22. The lowest BCUT2D eigenvalue weighted by Crippen LogP contribution is -2.05. The predicted octanol–water partition coefficient (Wildman–Crippen LogP) is 9.08. The Hall–Kier alpha value is -4.89. The molecule has 0 unspecified atom stereocenters. The van der Waals surface area contributed by atoms with Gasteiger partial charge in [-0.3, -0.25) is 4.57 Å². The highest BCUT2D eigenvalue weighted by Gasteiger charge is 2.24. The van der Waals surface area contributed by atoms with E-state index in [1.165, 1.54) is 38.2 Å². The second-order valence-corrected chi connectivity index (χ2v) is 9.61. The molecule has 3 heteroatoms. The van der Waals surface area contributed by atoms with Gasteiger partial charge in [-0.15, -0.1) is 0 Å². The zero-order chi connectivity index (χ0) is 24.5. The van der Waals surface area contributed by atoms with E-state index in [0.29, 0.717) is 0 Å². The van der Waals surface area contributed by atoms with Gasteiger partial charge >= 0.3 is 0 Å². The molecular weight excluding hydrogens is 452 g/mol. The van der Waals surface area contributed by atoms with Gasteiger partial charge in [0, 0.05) is 0 Å². The highest BCUT2D eigenvalue weighted by atomic mass is 16.5. The number of fused-ring (bicyclic) bond motifs is 4. The van der Waals surface area contributed by atoms with Crippen LogP contribution in [0.1, 0.15) is 5.82 Å². The van der Waals surface area contributed by atoms with Crippen molar-refractivity contribution in [2.75, 3.05) is 0 Å². The predicted molar refractivity (Wildman–Crippen MR) is 152 cm³/mol. The maximum Gasteiger partial charge on any atom is 0.153 e. The Morgan fingerprint density at radius 3 is 1.86 bits per heavy atom. The van der Waals surface area contributed by atoms with E-state index >= 15 is 0 Å². The van der Waals surface area contributed by atoms with Crippen LogP contribution in [0.25, 0.3) is 60.5 Å². The van der Waals surface area contributed by atoms with Gasteiger partial charge < -0.3 is 4.74 Å². The van der Waals surface area contributed by atoms with E-state index in [9.17, 15) is 0 Å². The molecule has 0 fully saturated rings. The summed E-state index contributed by atoms with van der Waals surface area (Å²) in [5, 5.41) is 4.96. The number of imidazole rings is 1. The molecule has 2 heterocycles. The zero-order valence-corrected chi connectivity index (χ0v) is 20.3. The van der Waals surface area contributed by atoms with Gasteiger partial charge in [0.2, 0.25) is 0 Å². The minimum absolute atomic E-state index is 0.844. The highest BCUT2D eigenvalue weighted by Crippen LogP contribution is 2.47. The molecule has 0 saturated carbocycles. The number of ether oxygens (including phenoxy) is 1. The van der Waals surface area contributed by atoms with Crippen molar-refractivity contribution in [3.63, 3.8) is 0 Å². The minimum atomic E-state index is 0.844. The van der Waals surface area contributed by atoms with Gasteiger partial charge in [0.25, 0.3) is 0 Å². The number of rotatable bonds is 2. The average molecular weight is 475 g/mol. The molecule has 0 N–H and O–H groups in total. The Balaban J connectivity index is 1.44. The quantitative estimate of drug-likeness (QED) is 0.234. The third kappa shape index (κ3) is 2.85. The summed E-state index contributed by atoms with van der Waals surface area (Å²) < 4.78 is 8.69. The van der Waals surface area contributed by atoms with Crippen molar-refractivity contribution in [2.24, 2.45) is 0 Å². The maximum atomic E-state index is 6.48. The van der Waals surface area contributed by atoms with Crippen molar-refractivity contribution >= 4 is 32.6 Å². The summed E-state index contributed by atoms with van der Waals surface area (Å²) in [4.78, 5) is 4.77. The molecule has 8 rings (SSSR count). The maximum absolute atomic E-state index is 6.48. The van der Waals surface area contributed by atoms with E-state index in [1.54, 1.807) is 0 Å². The number of hydrogen-bond donors (Lipinski definition) is 0. The number of hydrogen-bond acceptors (Lipinski definition) is 2. The van der Waals surface area contributed by atoms with Gasteiger partial charge in [0.1, 0.15) is 11.3 Å². The molecule has 174 valence electrons.